The molecule has 9 nitrogen and oxygen atoms in total. The lowest BCUT2D eigenvalue weighted by atomic mass is 10.1. The standard InChI is InChI=1S/C20H19N5O4/c1-2-21-19(26)15-8-6-14(7-9-15)13-22-20(27)18-10-11-24(23-18)16-4-3-5-17(12-16)25(28)29/h3-12H,2,13H2,1H3,(H,21,26)(H,22,27). The van der Waals surface area contributed by atoms with Crippen LogP contribution in [0.2, 0.25) is 0 Å². The molecule has 3 aromatic rings. The Morgan fingerprint density at radius 3 is 2.52 bits per heavy atom. The predicted octanol–water partition coefficient (Wildman–Crippen LogP) is 2.46. The smallest absolute Gasteiger partial charge is 0.272 e. The Bertz CT molecular complexity index is 1040. The zero-order valence-corrected chi connectivity index (χ0v) is 15.7. The van der Waals surface area contributed by atoms with Gasteiger partial charge in [-0.1, -0.05) is 18.2 Å². The van der Waals surface area contributed by atoms with Gasteiger partial charge in [-0.3, -0.25) is 19.7 Å². The van der Waals surface area contributed by atoms with E-state index in [1.54, 1.807) is 42.6 Å². The lowest BCUT2D eigenvalue weighted by molar-refractivity contribution is -0.384. The maximum Gasteiger partial charge on any atom is 0.272 e. The first kappa shape index (κ1) is 19.7. The molecule has 0 bridgehead atoms. The molecule has 0 radical (unpaired) electrons. The Balaban J connectivity index is 1.63. The second-order valence-corrected chi connectivity index (χ2v) is 6.16. The van der Waals surface area contributed by atoms with E-state index in [1.807, 2.05) is 6.92 Å². The minimum atomic E-state index is -0.488. The number of hydrogen-bond acceptors (Lipinski definition) is 5. The molecule has 2 amide bonds. The van der Waals surface area contributed by atoms with E-state index in [4.69, 9.17) is 0 Å². The molecule has 0 aliphatic heterocycles. The van der Waals surface area contributed by atoms with Gasteiger partial charge >= 0.3 is 0 Å². The fraction of sp³-hybridized carbons (Fsp3) is 0.150. The van der Waals surface area contributed by atoms with Crippen LogP contribution in [0.1, 0.15) is 33.3 Å². The molecule has 2 N–H and O–H groups in total. The first-order valence-corrected chi connectivity index (χ1v) is 8.93. The van der Waals surface area contributed by atoms with Crippen LogP contribution in [0.15, 0.2) is 60.8 Å². The fourth-order valence-corrected chi connectivity index (χ4v) is 2.65. The zero-order chi connectivity index (χ0) is 20.8. The average molecular weight is 393 g/mol. The molecule has 0 fully saturated rings. The number of nitrogens with zero attached hydrogens (tertiary/aromatic N) is 3. The number of carbonyl (C=O) groups is 2. The van der Waals surface area contributed by atoms with Crippen LogP contribution in [0.4, 0.5) is 5.69 Å². The third-order valence-corrected chi connectivity index (χ3v) is 4.13. The van der Waals surface area contributed by atoms with Gasteiger partial charge in [-0.05, 0) is 36.8 Å². The molecule has 0 spiro atoms. The van der Waals surface area contributed by atoms with Crippen LogP contribution in [0, 0.1) is 10.1 Å². The highest BCUT2D eigenvalue weighted by atomic mass is 16.6. The number of nitro groups is 1. The lowest BCUT2D eigenvalue weighted by Gasteiger charge is -2.06. The molecule has 1 aromatic heterocycles. The Morgan fingerprint density at radius 1 is 1.07 bits per heavy atom. The van der Waals surface area contributed by atoms with Crippen LogP contribution in [0.5, 0.6) is 0 Å². The highest BCUT2D eigenvalue weighted by Gasteiger charge is 2.12. The minimum Gasteiger partial charge on any atom is -0.352 e. The number of carbonyl (C=O) groups excluding carboxylic acids is 2. The third-order valence-electron chi connectivity index (χ3n) is 4.13. The molecule has 0 aliphatic rings. The van der Waals surface area contributed by atoms with Crippen molar-refractivity contribution in [3.05, 3.63) is 87.7 Å². The van der Waals surface area contributed by atoms with Crippen molar-refractivity contribution in [2.75, 3.05) is 6.54 Å². The SMILES string of the molecule is CCNC(=O)c1ccc(CNC(=O)c2ccn(-c3cccc([N+](=O)[O-])c3)n2)cc1. The number of non-ortho nitro benzene ring substituents is 1. The number of amides is 2. The molecule has 0 unspecified atom stereocenters. The number of nitrogens with one attached hydrogen (secondary N) is 2. The van der Waals surface area contributed by atoms with Crippen molar-refractivity contribution in [2.45, 2.75) is 13.5 Å². The summed E-state index contributed by atoms with van der Waals surface area (Å²) in [7, 11) is 0. The van der Waals surface area contributed by atoms with Gasteiger partial charge in [0.15, 0.2) is 5.69 Å². The van der Waals surface area contributed by atoms with E-state index in [2.05, 4.69) is 15.7 Å². The molecular formula is C20H19N5O4. The summed E-state index contributed by atoms with van der Waals surface area (Å²) in [6.45, 7) is 2.68. The van der Waals surface area contributed by atoms with E-state index >= 15 is 0 Å². The summed E-state index contributed by atoms with van der Waals surface area (Å²) in [6.07, 6.45) is 1.56. The van der Waals surface area contributed by atoms with Gasteiger partial charge in [0.25, 0.3) is 17.5 Å². The summed E-state index contributed by atoms with van der Waals surface area (Å²) in [4.78, 5) is 34.5. The zero-order valence-electron chi connectivity index (χ0n) is 15.7. The van der Waals surface area contributed by atoms with Gasteiger partial charge in [0.05, 0.1) is 10.6 Å². The van der Waals surface area contributed by atoms with Gasteiger partial charge in [-0.25, -0.2) is 4.68 Å². The summed E-state index contributed by atoms with van der Waals surface area (Å²) in [5.41, 5.74) is 2.01. The first-order valence-electron chi connectivity index (χ1n) is 8.93. The Hall–Kier alpha value is -4.01. The highest BCUT2D eigenvalue weighted by molar-refractivity contribution is 5.94. The number of nitro benzene ring substituents is 1. The van der Waals surface area contributed by atoms with E-state index in [9.17, 15) is 19.7 Å². The number of benzene rings is 2. The van der Waals surface area contributed by atoms with Gasteiger partial charge in [-0.2, -0.15) is 5.10 Å². The molecule has 0 atom stereocenters. The van der Waals surface area contributed by atoms with Crippen molar-refractivity contribution >= 4 is 17.5 Å². The van der Waals surface area contributed by atoms with Crippen LogP contribution in [-0.2, 0) is 6.54 Å². The molecule has 148 valence electrons. The Kier molecular flexibility index (Phi) is 5.98. The molecular weight excluding hydrogens is 374 g/mol. The van der Waals surface area contributed by atoms with Gasteiger partial charge in [0.1, 0.15) is 0 Å². The maximum absolute atomic E-state index is 12.3. The molecule has 9 heteroatoms. The Labute approximate surface area is 166 Å². The summed E-state index contributed by atoms with van der Waals surface area (Å²) < 4.78 is 1.41. The van der Waals surface area contributed by atoms with E-state index in [0.717, 1.165) is 5.56 Å². The van der Waals surface area contributed by atoms with E-state index < -0.39 is 4.92 Å². The fourth-order valence-electron chi connectivity index (χ4n) is 2.65. The molecule has 1 heterocycles. The van der Waals surface area contributed by atoms with Crippen molar-refractivity contribution in [1.82, 2.24) is 20.4 Å². The average Bonchev–Trinajstić information content (AvgIpc) is 3.23. The van der Waals surface area contributed by atoms with Crippen LogP contribution in [-0.4, -0.2) is 33.1 Å². The number of hydrogen-bond donors (Lipinski definition) is 2. The second kappa shape index (κ2) is 8.79. The molecule has 2 aromatic carbocycles. The van der Waals surface area contributed by atoms with Crippen LogP contribution in [0.25, 0.3) is 5.69 Å². The first-order chi connectivity index (χ1) is 14.0. The molecule has 0 saturated carbocycles. The quantitative estimate of drug-likeness (QED) is 0.472. The number of rotatable bonds is 7. The van der Waals surface area contributed by atoms with Crippen molar-refractivity contribution in [3.63, 3.8) is 0 Å². The van der Waals surface area contributed by atoms with Gasteiger partial charge < -0.3 is 10.6 Å². The maximum atomic E-state index is 12.3. The second-order valence-electron chi connectivity index (χ2n) is 6.16. The van der Waals surface area contributed by atoms with Gasteiger partial charge in [0.2, 0.25) is 0 Å². The van der Waals surface area contributed by atoms with E-state index in [0.29, 0.717) is 17.8 Å². The van der Waals surface area contributed by atoms with Crippen molar-refractivity contribution in [1.29, 1.82) is 0 Å². The van der Waals surface area contributed by atoms with Crippen LogP contribution in [0.3, 0.4) is 0 Å². The lowest BCUT2D eigenvalue weighted by Crippen LogP contribution is -2.24. The molecule has 0 saturated heterocycles. The normalized spacial score (nSPS) is 10.4. The van der Waals surface area contributed by atoms with E-state index in [-0.39, 0.29) is 29.7 Å². The Morgan fingerprint density at radius 2 is 1.83 bits per heavy atom. The molecule has 0 aliphatic carbocycles. The summed E-state index contributed by atoms with van der Waals surface area (Å²) in [5.74, 6) is -0.517. The predicted molar refractivity (Wildman–Crippen MR) is 106 cm³/mol. The summed E-state index contributed by atoms with van der Waals surface area (Å²) in [6, 6.07) is 14.5. The summed E-state index contributed by atoms with van der Waals surface area (Å²) >= 11 is 0. The van der Waals surface area contributed by atoms with Crippen molar-refractivity contribution in [3.8, 4) is 5.69 Å². The van der Waals surface area contributed by atoms with Crippen molar-refractivity contribution in [2.24, 2.45) is 0 Å². The topological polar surface area (TPSA) is 119 Å². The van der Waals surface area contributed by atoms with Crippen molar-refractivity contribution < 1.29 is 14.5 Å². The largest absolute Gasteiger partial charge is 0.352 e. The van der Waals surface area contributed by atoms with Crippen LogP contribution < -0.4 is 10.6 Å². The highest BCUT2D eigenvalue weighted by Crippen LogP contribution is 2.16. The van der Waals surface area contributed by atoms with Crippen LogP contribution >= 0.6 is 0 Å². The molecule has 29 heavy (non-hydrogen) atoms. The third kappa shape index (κ3) is 4.83. The monoisotopic (exact) mass is 393 g/mol. The minimum absolute atomic E-state index is 0.0555. The van der Waals surface area contributed by atoms with Gasteiger partial charge in [-0.15, -0.1) is 0 Å². The van der Waals surface area contributed by atoms with Gasteiger partial charge in [0, 0.05) is 37.0 Å². The number of aromatic nitrogens is 2. The molecule has 3 rings (SSSR count). The van der Waals surface area contributed by atoms with E-state index in [1.165, 1.54) is 22.9 Å². The summed E-state index contributed by atoms with van der Waals surface area (Å²) in [5, 5.41) is 20.6.